The van der Waals surface area contributed by atoms with Crippen LogP contribution in [0.1, 0.15) is 0 Å². The van der Waals surface area contributed by atoms with Crippen molar-refractivity contribution >= 4 is 32.7 Å². The largest absolute Gasteiger partial charge is 0.436 e. The van der Waals surface area contributed by atoms with Crippen LogP contribution in [-0.4, -0.2) is 9.97 Å². The lowest BCUT2D eigenvalue weighted by molar-refractivity contribution is 0.619. The first-order valence-electron chi connectivity index (χ1n) is 5.00. The molecule has 2 aromatic heterocycles. The second kappa shape index (κ2) is 3.85. The number of halogens is 1. The summed E-state index contributed by atoms with van der Waals surface area (Å²) in [5.74, 6) is 0.520. The van der Waals surface area contributed by atoms with Crippen molar-refractivity contribution in [2.45, 2.75) is 0 Å². The van der Waals surface area contributed by atoms with Crippen LogP contribution >= 0.6 is 15.9 Å². The highest BCUT2D eigenvalue weighted by Crippen LogP contribution is 2.27. The van der Waals surface area contributed by atoms with Crippen molar-refractivity contribution in [1.29, 1.82) is 0 Å². The molecule has 3 aromatic rings. The minimum absolute atomic E-state index is 0.520. The zero-order valence-electron chi connectivity index (χ0n) is 8.72. The van der Waals surface area contributed by atoms with Crippen molar-refractivity contribution in [3.05, 3.63) is 41.1 Å². The van der Waals surface area contributed by atoms with E-state index in [1.807, 2.05) is 18.2 Å². The Morgan fingerprint density at radius 2 is 2.12 bits per heavy atom. The zero-order chi connectivity index (χ0) is 11.8. The lowest BCUT2D eigenvalue weighted by Gasteiger charge is -1.94. The Bertz CT molecular complexity index is 693. The van der Waals surface area contributed by atoms with E-state index in [9.17, 15) is 0 Å². The molecule has 4 nitrogen and oxygen atoms in total. The van der Waals surface area contributed by atoms with Gasteiger partial charge in [0.2, 0.25) is 5.89 Å². The average Bonchev–Trinajstić information content (AvgIpc) is 2.74. The number of aromatic nitrogens is 2. The topological polar surface area (TPSA) is 64.9 Å². The van der Waals surface area contributed by atoms with Crippen LogP contribution in [0.2, 0.25) is 0 Å². The van der Waals surface area contributed by atoms with Gasteiger partial charge in [-0.2, -0.15) is 0 Å². The highest BCUT2D eigenvalue weighted by Gasteiger charge is 2.10. The van der Waals surface area contributed by atoms with Gasteiger partial charge in [-0.3, -0.25) is 4.98 Å². The lowest BCUT2D eigenvalue weighted by atomic mass is 10.3. The molecule has 2 heterocycles. The van der Waals surface area contributed by atoms with Crippen LogP contribution in [0, 0.1) is 0 Å². The molecule has 0 bridgehead atoms. The fourth-order valence-corrected chi connectivity index (χ4v) is 1.99. The number of nitrogens with zero attached hydrogens (tertiary/aromatic N) is 2. The number of rotatable bonds is 1. The Balaban J connectivity index is 2.22. The van der Waals surface area contributed by atoms with Gasteiger partial charge in [0.15, 0.2) is 5.58 Å². The highest BCUT2D eigenvalue weighted by molar-refractivity contribution is 9.10. The minimum atomic E-state index is 0.520. The van der Waals surface area contributed by atoms with Crippen molar-refractivity contribution in [2.75, 3.05) is 5.73 Å². The summed E-state index contributed by atoms with van der Waals surface area (Å²) < 4.78 is 6.52. The number of anilines is 1. The summed E-state index contributed by atoms with van der Waals surface area (Å²) in [6.45, 7) is 0. The SMILES string of the molecule is Nc1cccc2oc(-c3cncc(Br)c3)nc12. The molecule has 2 N–H and O–H groups in total. The number of pyridine rings is 1. The molecule has 1 aromatic carbocycles. The molecule has 0 aliphatic rings. The Hall–Kier alpha value is -1.88. The third-order valence-electron chi connectivity index (χ3n) is 2.40. The minimum Gasteiger partial charge on any atom is -0.436 e. The Morgan fingerprint density at radius 1 is 1.24 bits per heavy atom. The van der Waals surface area contributed by atoms with Crippen LogP contribution in [0.15, 0.2) is 45.5 Å². The molecular weight excluding hydrogens is 282 g/mol. The van der Waals surface area contributed by atoms with Gasteiger partial charge in [-0.1, -0.05) is 6.07 Å². The summed E-state index contributed by atoms with van der Waals surface area (Å²) in [4.78, 5) is 8.45. The quantitative estimate of drug-likeness (QED) is 0.699. The predicted molar refractivity (Wildman–Crippen MR) is 69.4 cm³/mol. The predicted octanol–water partition coefficient (Wildman–Crippen LogP) is 3.23. The number of hydrogen-bond acceptors (Lipinski definition) is 4. The van der Waals surface area contributed by atoms with Crippen LogP contribution in [0.5, 0.6) is 0 Å². The van der Waals surface area contributed by atoms with Crippen molar-refractivity contribution in [2.24, 2.45) is 0 Å². The summed E-state index contributed by atoms with van der Waals surface area (Å²) in [6, 6.07) is 7.38. The van der Waals surface area contributed by atoms with E-state index < -0.39 is 0 Å². The summed E-state index contributed by atoms with van der Waals surface area (Å²) in [5.41, 5.74) is 8.62. The molecule has 0 saturated heterocycles. The van der Waals surface area contributed by atoms with E-state index in [1.54, 1.807) is 18.5 Å². The average molecular weight is 290 g/mol. The molecule has 0 aliphatic carbocycles. The number of oxazole rings is 1. The summed E-state index contributed by atoms with van der Waals surface area (Å²) in [5, 5.41) is 0. The van der Waals surface area contributed by atoms with E-state index in [0.717, 1.165) is 10.0 Å². The van der Waals surface area contributed by atoms with E-state index in [4.69, 9.17) is 10.2 Å². The molecule has 0 spiro atoms. The highest BCUT2D eigenvalue weighted by atomic mass is 79.9. The molecule has 0 aliphatic heterocycles. The Kier molecular flexibility index (Phi) is 2.33. The normalized spacial score (nSPS) is 10.9. The molecule has 5 heteroatoms. The van der Waals surface area contributed by atoms with Crippen molar-refractivity contribution in [3.8, 4) is 11.5 Å². The number of nitrogen functional groups attached to an aromatic ring is 1. The number of benzene rings is 1. The van der Waals surface area contributed by atoms with Crippen LogP contribution in [-0.2, 0) is 0 Å². The zero-order valence-corrected chi connectivity index (χ0v) is 10.3. The van der Waals surface area contributed by atoms with Gasteiger partial charge in [0.1, 0.15) is 5.52 Å². The van der Waals surface area contributed by atoms with Gasteiger partial charge < -0.3 is 10.2 Å². The van der Waals surface area contributed by atoms with Crippen LogP contribution in [0.25, 0.3) is 22.6 Å². The molecule has 0 radical (unpaired) electrons. The van der Waals surface area contributed by atoms with Crippen molar-refractivity contribution in [3.63, 3.8) is 0 Å². The molecule has 0 amide bonds. The van der Waals surface area contributed by atoms with Crippen LogP contribution in [0.3, 0.4) is 0 Å². The van der Waals surface area contributed by atoms with E-state index in [0.29, 0.717) is 22.7 Å². The fraction of sp³-hybridized carbons (Fsp3) is 0. The van der Waals surface area contributed by atoms with Gasteiger partial charge in [-0.25, -0.2) is 4.98 Å². The molecule has 0 saturated carbocycles. The fourth-order valence-electron chi connectivity index (χ4n) is 1.62. The monoisotopic (exact) mass is 289 g/mol. The first-order chi connectivity index (χ1) is 8.24. The van der Waals surface area contributed by atoms with Crippen LogP contribution < -0.4 is 5.73 Å². The standard InChI is InChI=1S/C12H8BrN3O/c13-8-4-7(5-15-6-8)12-16-11-9(14)2-1-3-10(11)17-12/h1-6H,14H2. The Morgan fingerprint density at radius 3 is 2.88 bits per heavy atom. The van der Waals surface area contributed by atoms with E-state index in [-0.39, 0.29) is 0 Å². The summed E-state index contributed by atoms with van der Waals surface area (Å²) in [7, 11) is 0. The van der Waals surface area contributed by atoms with Gasteiger partial charge >= 0.3 is 0 Å². The molecule has 3 rings (SSSR count). The number of para-hydroxylation sites is 1. The number of fused-ring (bicyclic) bond motifs is 1. The Labute approximate surface area is 106 Å². The summed E-state index contributed by atoms with van der Waals surface area (Å²) >= 11 is 3.36. The van der Waals surface area contributed by atoms with E-state index >= 15 is 0 Å². The number of nitrogens with two attached hydrogens (primary N) is 1. The second-order valence-corrected chi connectivity index (χ2v) is 4.52. The van der Waals surface area contributed by atoms with Gasteiger partial charge in [-0.05, 0) is 34.1 Å². The van der Waals surface area contributed by atoms with Gasteiger partial charge in [0.05, 0.1) is 11.3 Å². The molecule has 84 valence electrons. The molecule has 0 unspecified atom stereocenters. The second-order valence-electron chi connectivity index (χ2n) is 3.60. The van der Waals surface area contributed by atoms with Gasteiger partial charge in [-0.15, -0.1) is 0 Å². The van der Waals surface area contributed by atoms with E-state index in [1.165, 1.54) is 0 Å². The third kappa shape index (κ3) is 1.78. The first-order valence-corrected chi connectivity index (χ1v) is 5.79. The van der Waals surface area contributed by atoms with Gasteiger partial charge in [0.25, 0.3) is 0 Å². The van der Waals surface area contributed by atoms with Crippen molar-refractivity contribution in [1.82, 2.24) is 9.97 Å². The van der Waals surface area contributed by atoms with Crippen molar-refractivity contribution < 1.29 is 4.42 Å². The van der Waals surface area contributed by atoms with E-state index in [2.05, 4.69) is 25.9 Å². The maximum Gasteiger partial charge on any atom is 0.228 e. The molecule has 0 atom stereocenters. The molecular formula is C12H8BrN3O. The smallest absolute Gasteiger partial charge is 0.228 e. The van der Waals surface area contributed by atoms with Gasteiger partial charge in [0, 0.05) is 16.9 Å². The molecule has 0 fully saturated rings. The first kappa shape index (κ1) is 10.3. The molecule has 17 heavy (non-hydrogen) atoms. The maximum absolute atomic E-state index is 5.83. The third-order valence-corrected chi connectivity index (χ3v) is 2.84. The lowest BCUT2D eigenvalue weighted by Crippen LogP contribution is -1.85. The summed E-state index contributed by atoms with van der Waals surface area (Å²) in [6.07, 6.45) is 3.41. The van der Waals surface area contributed by atoms with Crippen LogP contribution in [0.4, 0.5) is 5.69 Å². The maximum atomic E-state index is 5.83. The number of hydrogen-bond donors (Lipinski definition) is 1.